The first kappa shape index (κ1) is 16.7. The summed E-state index contributed by atoms with van der Waals surface area (Å²) >= 11 is 5.76. The van der Waals surface area contributed by atoms with Crippen molar-refractivity contribution in [3.05, 3.63) is 29.3 Å². The molecule has 0 aromatic carbocycles. The third kappa shape index (κ3) is 3.67. The van der Waals surface area contributed by atoms with Gasteiger partial charge in [0, 0.05) is 6.54 Å². The van der Waals surface area contributed by atoms with Gasteiger partial charge in [-0.1, -0.05) is 11.6 Å². The van der Waals surface area contributed by atoms with Crippen LogP contribution in [0.3, 0.4) is 0 Å². The van der Waals surface area contributed by atoms with Crippen LogP contribution in [0, 0.1) is 0 Å². The fraction of sp³-hybridized carbons (Fsp3) is 0.500. The van der Waals surface area contributed by atoms with Gasteiger partial charge in [0.15, 0.2) is 5.15 Å². The normalized spacial score (nSPS) is 18.0. The van der Waals surface area contributed by atoms with Crippen LogP contribution < -0.4 is 0 Å². The number of hydrogen-bond donors (Lipinski definition) is 1. The summed E-state index contributed by atoms with van der Waals surface area (Å²) in [5, 5.41) is 8.20. The van der Waals surface area contributed by atoms with E-state index in [0.717, 1.165) is 24.4 Å². The number of H-pyrrole nitrogens is 1. The molecule has 0 aliphatic carbocycles. The van der Waals surface area contributed by atoms with E-state index in [-0.39, 0.29) is 12.1 Å². The number of hydrogen-bond acceptors (Lipinski definition) is 5. The van der Waals surface area contributed by atoms with Gasteiger partial charge in [-0.25, -0.2) is 9.78 Å². The van der Waals surface area contributed by atoms with Crippen molar-refractivity contribution in [1.29, 1.82) is 0 Å². The molecule has 0 saturated carbocycles. The molecule has 3 heterocycles. The second-order valence-corrected chi connectivity index (χ2v) is 7.14. The fourth-order valence-electron chi connectivity index (χ4n) is 2.69. The molecule has 1 amide bonds. The maximum atomic E-state index is 12.4. The first-order valence-electron chi connectivity index (χ1n) is 7.87. The van der Waals surface area contributed by atoms with Gasteiger partial charge >= 0.3 is 6.09 Å². The summed E-state index contributed by atoms with van der Waals surface area (Å²) in [6.45, 7) is 6.25. The molecule has 0 bridgehead atoms. The number of aromatic amines is 1. The highest BCUT2D eigenvalue weighted by Gasteiger charge is 2.34. The Bertz CT molecular complexity index is 723. The monoisotopic (exact) mass is 349 g/mol. The quantitative estimate of drug-likeness (QED) is 0.895. The van der Waals surface area contributed by atoms with Crippen molar-refractivity contribution < 1.29 is 9.53 Å². The molecule has 1 aliphatic rings. The third-order valence-corrected chi connectivity index (χ3v) is 3.90. The lowest BCUT2D eigenvalue weighted by atomic mass is 10.2. The van der Waals surface area contributed by atoms with E-state index in [1.165, 1.54) is 0 Å². The highest BCUT2D eigenvalue weighted by Crippen LogP contribution is 2.32. The van der Waals surface area contributed by atoms with Crippen LogP contribution in [0.15, 0.2) is 18.3 Å². The zero-order chi connectivity index (χ0) is 17.3. The lowest BCUT2D eigenvalue weighted by Crippen LogP contribution is -2.36. The average molecular weight is 350 g/mol. The molecule has 24 heavy (non-hydrogen) atoms. The van der Waals surface area contributed by atoms with Crippen molar-refractivity contribution >= 4 is 17.7 Å². The third-order valence-electron chi connectivity index (χ3n) is 3.70. The van der Waals surface area contributed by atoms with Crippen molar-refractivity contribution in [3.8, 4) is 11.4 Å². The summed E-state index contributed by atoms with van der Waals surface area (Å²) in [7, 11) is 0. The SMILES string of the molecule is CC(C)(C)OC(=O)N1CCC[C@H]1c1ncc(-c2ccc(Cl)nn2)[nH]1. The standard InChI is InChI=1S/C16H20ClN5O2/c1-16(2,3)24-15(23)22-8-4-5-12(22)14-18-9-11(19-14)10-6-7-13(17)21-20-10/h6-7,9,12H,4-5,8H2,1-3H3,(H,18,19)/t12-/m0/s1. The van der Waals surface area contributed by atoms with E-state index in [4.69, 9.17) is 16.3 Å². The number of nitrogens with one attached hydrogen (secondary N) is 1. The Morgan fingerprint density at radius 1 is 1.38 bits per heavy atom. The van der Waals surface area contributed by atoms with Crippen LogP contribution in [0.1, 0.15) is 45.5 Å². The maximum Gasteiger partial charge on any atom is 0.410 e. The van der Waals surface area contributed by atoms with E-state index < -0.39 is 5.60 Å². The van der Waals surface area contributed by atoms with Crippen molar-refractivity contribution in [1.82, 2.24) is 25.1 Å². The van der Waals surface area contributed by atoms with Gasteiger partial charge in [0.25, 0.3) is 0 Å². The Morgan fingerprint density at radius 3 is 2.83 bits per heavy atom. The Morgan fingerprint density at radius 2 is 2.17 bits per heavy atom. The van der Waals surface area contributed by atoms with E-state index in [2.05, 4.69) is 20.2 Å². The number of amides is 1. The molecule has 3 rings (SSSR count). The summed E-state index contributed by atoms with van der Waals surface area (Å²) < 4.78 is 5.49. The first-order valence-corrected chi connectivity index (χ1v) is 8.25. The zero-order valence-corrected chi connectivity index (χ0v) is 14.7. The summed E-state index contributed by atoms with van der Waals surface area (Å²) in [5.74, 6) is 0.727. The van der Waals surface area contributed by atoms with Crippen molar-refractivity contribution in [2.24, 2.45) is 0 Å². The van der Waals surface area contributed by atoms with E-state index in [0.29, 0.717) is 17.4 Å². The summed E-state index contributed by atoms with van der Waals surface area (Å²) in [6.07, 6.45) is 3.15. The molecule has 8 heteroatoms. The van der Waals surface area contributed by atoms with Gasteiger partial charge in [-0.3, -0.25) is 4.90 Å². The predicted molar refractivity (Wildman–Crippen MR) is 89.5 cm³/mol. The van der Waals surface area contributed by atoms with Crippen LogP contribution in [-0.2, 0) is 4.74 Å². The molecule has 2 aromatic heterocycles. The topological polar surface area (TPSA) is 84.0 Å². The number of carbonyl (C=O) groups excluding carboxylic acids is 1. The molecule has 128 valence electrons. The maximum absolute atomic E-state index is 12.4. The largest absolute Gasteiger partial charge is 0.444 e. The van der Waals surface area contributed by atoms with Gasteiger partial charge in [-0.05, 0) is 45.7 Å². The molecule has 7 nitrogen and oxygen atoms in total. The van der Waals surface area contributed by atoms with E-state index in [1.807, 2.05) is 20.8 Å². The van der Waals surface area contributed by atoms with Gasteiger partial charge in [0.05, 0.1) is 17.9 Å². The number of rotatable bonds is 2. The minimum Gasteiger partial charge on any atom is -0.444 e. The van der Waals surface area contributed by atoms with Crippen LogP contribution in [0.25, 0.3) is 11.4 Å². The first-order chi connectivity index (χ1) is 11.3. The van der Waals surface area contributed by atoms with Crippen LogP contribution in [0.4, 0.5) is 4.79 Å². The van der Waals surface area contributed by atoms with E-state index in [1.54, 1.807) is 23.2 Å². The summed E-state index contributed by atoms with van der Waals surface area (Å²) in [5.41, 5.74) is 0.877. The molecule has 0 radical (unpaired) electrons. The molecular formula is C16H20ClN5O2. The summed E-state index contributed by atoms with van der Waals surface area (Å²) in [6, 6.07) is 3.33. The number of imidazole rings is 1. The highest BCUT2D eigenvalue weighted by atomic mass is 35.5. The van der Waals surface area contributed by atoms with Crippen LogP contribution in [0.2, 0.25) is 5.15 Å². The van der Waals surface area contributed by atoms with Gasteiger partial charge in [0.2, 0.25) is 0 Å². The fourth-order valence-corrected chi connectivity index (χ4v) is 2.79. The van der Waals surface area contributed by atoms with Gasteiger partial charge in [0.1, 0.15) is 17.1 Å². The van der Waals surface area contributed by atoms with Crippen molar-refractivity contribution in [2.45, 2.75) is 45.3 Å². The molecule has 1 N–H and O–H groups in total. The second-order valence-electron chi connectivity index (χ2n) is 6.76. The Labute approximate surface area is 145 Å². The smallest absolute Gasteiger partial charge is 0.410 e. The van der Waals surface area contributed by atoms with Crippen molar-refractivity contribution in [3.63, 3.8) is 0 Å². The molecule has 0 spiro atoms. The van der Waals surface area contributed by atoms with Gasteiger partial charge in [-0.15, -0.1) is 10.2 Å². The minimum atomic E-state index is -0.516. The molecule has 1 aliphatic heterocycles. The Balaban J connectivity index is 1.78. The number of likely N-dealkylation sites (tertiary alicyclic amines) is 1. The lowest BCUT2D eigenvalue weighted by molar-refractivity contribution is 0.0219. The zero-order valence-electron chi connectivity index (χ0n) is 13.9. The number of aromatic nitrogens is 4. The molecule has 1 saturated heterocycles. The average Bonchev–Trinajstić information content (AvgIpc) is 3.15. The van der Waals surface area contributed by atoms with Gasteiger partial charge in [-0.2, -0.15) is 0 Å². The highest BCUT2D eigenvalue weighted by molar-refractivity contribution is 6.29. The van der Waals surface area contributed by atoms with Crippen LogP contribution in [-0.4, -0.2) is 43.3 Å². The number of nitrogens with zero attached hydrogens (tertiary/aromatic N) is 4. The van der Waals surface area contributed by atoms with Crippen LogP contribution in [0.5, 0.6) is 0 Å². The molecule has 0 unspecified atom stereocenters. The molecular weight excluding hydrogens is 330 g/mol. The van der Waals surface area contributed by atoms with Gasteiger partial charge < -0.3 is 9.72 Å². The Hall–Kier alpha value is -2.15. The van der Waals surface area contributed by atoms with Crippen LogP contribution >= 0.6 is 11.6 Å². The van der Waals surface area contributed by atoms with Crippen molar-refractivity contribution in [2.75, 3.05) is 6.54 Å². The number of halogens is 1. The second kappa shape index (κ2) is 6.39. The number of carbonyl (C=O) groups is 1. The predicted octanol–water partition coefficient (Wildman–Crippen LogP) is 3.59. The Kier molecular flexibility index (Phi) is 4.45. The number of ether oxygens (including phenoxy) is 1. The molecule has 1 fully saturated rings. The van der Waals surface area contributed by atoms with E-state index >= 15 is 0 Å². The molecule has 1 atom stereocenters. The minimum absolute atomic E-state index is 0.117. The molecule has 2 aromatic rings. The summed E-state index contributed by atoms with van der Waals surface area (Å²) in [4.78, 5) is 21.8. The van der Waals surface area contributed by atoms with E-state index in [9.17, 15) is 4.79 Å². The lowest BCUT2D eigenvalue weighted by Gasteiger charge is -2.27.